The first kappa shape index (κ1) is 16.1. The van der Waals surface area contributed by atoms with Gasteiger partial charge < -0.3 is 0 Å². The molecule has 0 atom stereocenters. The SMILES string of the molecule is CC(C)N(Cc1ccccn1)S(=O)(=O)c1ccc(Br)cc1. The Hall–Kier alpha value is -1.24. The molecule has 21 heavy (non-hydrogen) atoms. The van der Waals surface area contributed by atoms with Gasteiger partial charge in [0.2, 0.25) is 10.0 Å². The maximum Gasteiger partial charge on any atom is 0.243 e. The highest BCUT2D eigenvalue weighted by molar-refractivity contribution is 9.10. The summed E-state index contributed by atoms with van der Waals surface area (Å²) in [6.07, 6.45) is 1.67. The highest BCUT2D eigenvalue weighted by atomic mass is 79.9. The maximum atomic E-state index is 12.8. The molecule has 0 aliphatic rings. The third kappa shape index (κ3) is 3.90. The molecule has 2 aromatic rings. The van der Waals surface area contributed by atoms with E-state index in [4.69, 9.17) is 0 Å². The number of halogens is 1. The molecule has 0 N–H and O–H groups in total. The van der Waals surface area contributed by atoms with Crippen LogP contribution in [0.1, 0.15) is 19.5 Å². The Labute approximate surface area is 134 Å². The summed E-state index contributed by atoms with van der Waals surface area (Å²) >= 11 is 3.31. The van der Waals surface area contributed by atoms with Crippen molar-refractivity contribution in [2.45, 2.75) is 31.3 Å². The van der Waals surface area contributed by atoms with Crippen LogP contribution in [0.25, 0.3) is 0 Å². The van der Waals surface area contributed by atoms with Gasteiger partial charge >= 0.3 is 0 Å². The van der Waals surface area contributed by atoms with Gasteiger partial charge in [0, 0.05) is 16.7 Å². The lowest BCUT2D eigenvalue weighted by atomic mass is 10.3. The van der Waals surface area contributed by atoms with Gasteiger partial charge in [0.15, 0.2) is 0 Å². The Bertz CT molecular complexity index is 685. The zero-order valence-corrected chi connectivity index (χ0v) is 14.3. The fourth-order valence-corrected chi connectivity index (χ4v) is 3.81. The molecule has 0 saturated carbocycles. The maximum absolute atomic E-state index is 12.8. The van der Waals surface area contributed by atoms with Gasteiger partial charge in [-0.25, -0.2) is 8.42 Å². The molecule has 0 aliphatic heterocycles. The van der Waals surface area contributed by atoms with Crippen LogP contribution in [0.5, 0.6) is 0 Å². The minimum atomic E-state index is -3.54. The Balaban J connectivity index is 2.35. The summed E-state index contributed by atoms with van der Waals surface area (Å²) in [4.78, 5) is 4.50. The number of aromatic nitrogens is 1. The molecule has 112 valence electrons. The number of rotatable bonds is 5. The van der Waals surface area contributed by atoms with Gasteiger partial charge in [-0.3, -0.25) is 4.98 Å². The van der Waals surface area contributed by atoms with Gasteiger partial charge in [-0.2, -0.15) is 4.31 Å². The lowest BCUT2D eigenvalue weighted by Gasteiger charge is -2.25. The largest absolute Gasteiger partial charge is 0.260 e. The van der Waals surface area contributed by atoms with Gasteiger partial charge in [0.05, 0.1) is 17.1 Å². The fourth-order valence-electron chi connectivity index (χ4n) is 1.94. The second-order valence-corrected chi connectivity index (χ2v) is 7.73. The molecule has 0 radical (unpaired) electrons. The predicted molar refractivity (Wildman–Crippen MR) is 86.2 cm³/mol. The van der Waals surface area contributed by atoms with E-state index in [2.05, 4.69) is 20.9 Å². The molecule has 4 nitrogen and oxygen atoms in total. The van der Waals surface area contributed by atoms with Crippen molar-refractivity contribution >= 4 is 26.0 Å². The minimum absolute atomic E-state index is 0.152. The lowest BCUT2D eigenvalue weighted by molar-refractivity contribution is 0.344. The number of sulfonamides is 1. The Morgan fingerprint density at radius 2 is 1.81 bits per heavy atom. The van der Waals surface area contributed by atoms with Crippen molar-refractivity contribution in [2.24, 2.45) is 0 Å². The van der Waals surface area contributed by atoms with Crippen molar-refractivity contribution in [1.82, 2.24) is 9.29 Å². The van der Waals surface area contributed by atoms with E-state index in [1.807, 2.05) is 32.0 Å². The number of benzene rings is 1. The van der Waals surface area contributed by atoms with E-state index in [-0.39, 0.29) is 17.5 Å². The van der Waals surface area contributed by atoms with E-state index in [0.29, 0.717) is 0 Å². The topological polar surface area (TPSA) is 50.3 Å². The molecular weight excluding hydrogens is 352 g/mol. The number of hydrogen-bond donors (Lipinski definition) is 0. The quantitative estimate of drug-likeness (QED) is 0.811. The Morgan fingerprint density at radius 1 is 1.14 bits per heavy atom. The predicted octanol–water partition coefficient (Wildman–Crippen LogP) is 3.44. The van der Waals surface area contributed by atoms with E-state index in [0.717, 1.165) is 10.2 Å². The molecule has 2 rings (SSSR count). The van der Waals surface area contributed by atoms with E-state index in [1.54, 1.807) is 30.5 Å². The van der Waals surface area contributed by atoms with Crippen LogP contribution in [-0.4, -0.2) is 23.7 Å². The molecule has 0 bridgehead atoms. The van der Waals surface area contributed by atoms with Gasteiger partial charge in [0.25, 0.3) is 0 Å². The summed E-state index contributed by atoms with van der Waals surface area (Å²) in [5, 5.41) is 0. The Morgan fingerprint density at radius 3 is 2.33 bits per heavy atom. The number of nitrogens with zero attached hydrogens (tertiary/aromatic N) is 2. The minimum Gasteiger partial charge on any atom is -0.260 e. The first-order valence-corrected chi connectivity index (χ1v) is 8.82. The van der Waals surface area contributed by atoms with Gasteiger partial charge in [0.1, 0.15) is 0 Å². The molecule has 0 aliphatic carbocycles. The molecule has 0 fully saturated rings. The highest BCUT2D eigenvalue weighted by Crippen LogP contribution is 2.22. The standard InChI is InChI=1S/C15H17BrN2O2S/c1-12(2)18(11-14-5-3-4-10-17-14)21(19,20)15-8-6-13(16)7-9-15/h3-10,12H,11H2,1-2H3. The molecule has 0 saturated heterocycles. The van der Waals surface area contributed by atoms with Gasteiger partial charge in [-0.1, -0.05) is 22.0 Å². The zero-order valence-electron chi connectivity index (χ0n) is 11.9. The molecule has 0 amide bonds. The van der Waals surface area contributed by atoms with Crippen LogP contribution >= 0.6 is 15.9 Å². The van der Waals surface area contributed by atoms with E-state index in [1.165, 1.54) is 4.31 Å². The fraction of sp³-hybridized carbons (Fsp3) is 0.267. The van der Waals surface area contributed by atoms with Crippen LogP contribution in [-0.2, 0) is 16.6 Å². The van der Waals surface area contributed by atoms with E-state index >= 15 is 0 Å². The summed E-state index contributed by atoms with van der Waals surface area (Å²) in [5.41, 5.74) is 0.729. The Kier molecular flexibility index (Phi) is 5.13. The molecule has 1 aromatic heterocycles. The first-order valence-electron chi connectivity index (χ1n) is 6.58. The number of hydrogen-bond acceptors (Lipinski definition) is 3. The molecule has 0 spiro atoms. The van der Waals surface area contributed by atoms with Crippen molar-refractivity contribution in [3.8, 4) is 0 Å². The molecule has 1 aromatic carbocycles. The second-order valence-electron chi connectivity index (χ2n) is 4.92. The van der Waals surface area contributed by atoms with Crippen LogP contribution in [0.4, 0.5) is 0 Å². The van der Waals surface area contributed by atoms with Crippen molar-refractivity contribution in [1.29, 1.82) is 0 Å². The zero-order chi connectivity index (χ0) is 15.5. The molecule has 6 heteroatoms. The van der Waals surface area contributed by atoms with Gasteiger partial charge in [-0.15, -0.1) is 0 Å². The van der Waals surface area contributed by atoms with Crippen molar-refractivity contribution in [3.63, 3.8) is 0 Å². The van der Waals surface area contributed by atoms with Crippen LogP contribution < -0.4 is 0 Å². The molecule has 1 heterocycles. The summed E-state index contributed by atoms with van der Waals surface area (Å²) < 4.78 is 27.9. The average Bonchev–Trinajstić information content (AvgIpc) is 2.46. The van der Waals surface area contributed by atoms with Gasteiger partial charge in [-0.05, 0) is 50.2 Å². The van der Waals surface area contributed by atoms with Crippen LogP contribution in [0.2, 0.25) is 0 Å². The van der Waals surface area contributed by atoms with Crippen LogP contribution in [0.3, 0.4) is 0 Å². The third-order valence-corrected chi connectivity index (χ3v) is 5.60. The van der Waals surface area contributed by atoms with Crippen LogP contribution in [0.15, 0.2) is 58.0 Å². The average molecular weight is 369 g/mol. The highest BCUT2D eigenvalue weighted by Gasteiger charge is 2.27. The van der Waals surface area contributed by atoms with Crippen molar-refractivity contribution in [3.05, 3.63) is 58.8 Å². The van der Waals surface area contributed by atoms with E-state index in [9.17, 15) is 8.42 Å². The molecule has 0 unspecified atom stereocenters. The summed E-state index contributed by atoms with van der Waals surface area (Å²) in [7, 11) is -3.54. The van der Waals surface area contributed by atoms with Crippen LogP contribution in [0, 0.1) is 0 Å². The van der Waals surface area contributed by atoms with Crippen molar-refractivity contribution in [2.75, 3.05) is 0 Å². The van der Waals surface area contributed by atoms with Crippen molar-refractivity contribution < 1.29 is 8.42 Å². The molecular formula is C15H17BrN2O2S. The monoisotopic (exact) mass is 368 g/mol. The summed E-state index contributed by atoms with van der Waals surface area (Å²) in [6, 6.07) is 12.0. The normalized spacial score (nSPS) is 12.0. The summed E-state index contributed by atoms with van der Waals surface area (Å²) in [5.74, 6) is 0. The third-order valence-electron chi connectivity index (χ3n) is 3.04. The smallest absolute Gasteiger partial charge is 0.243 e. The van der Waals surface area contributed by atoms with E-state index < -0.39 is 10.0 Å². The number of pyridine rings is 1. The lowest BCUT2D eigenvalue weighted by Crippen LogP contribution is -2.36. The summed E-state index contributed by atoms with van der Waals surface area (Å²) in [6.45, 7) is 3.98. The first-order chi connectivity index (χ1) is 9.91. The second kappa shape index (κ2) is 6.68.